The van der Waals surface area contributed by atoms with Crippen LogP contribution >= 0.6 is 0 Å². The largest absolute Gasteiger partial charge is 0.347 e. The molecule has 2 amide bonds. The minimum Gasteiger partial charge on any atom is -0.347 e. The first-order valence-corrected chi connectivity index (χ1v) is 7.82. The van der Waals surface area contributed by atoms with Gasteiger partial charge in [0.1, 0.15) is 0 Å². The molecule has 0 aromatic heterocycles. The van der Waals surface area contributed by atoms with E-state index in [4.69, 9.17) is 0 Å². The summed E-state index contributed by atoms with van der Waals surface area (Å²) in [7, 11) is 2.11. The summed E-state index contributed by atoms with van der Waals surface area (Å²) >= 11 is 0. The van der Waals surface area contributed by atoms with Gasteiger partial charge in [-0.05, 0) is 25.5 Å². The van der Waals surface area contributed by atoms with Crippen molar-refractivity contribution in [3.8, 4) is 0 Å². The molecule has 1 fully saturated rings. The van der Waals surface area contributed by atoms with E-state index in [0.717, 1.165) is 32.5 Å². The van der Waals surface area contributed by atoms with Crippen LogP contribution in [0.5, 0.6) is 0 Å². The molecule has 2 rings (SSSR count). The molecule has 0 spiro atoms. The number of rotatable bonds is 5. The molecule has 120 valence electrons. The maximum Gasteiger partial charge on any atom is 0.242 e. The average Bonchev–Trinajstić information content (AvgIpc) is 2.53. The lowest BCUT2D eigenvalue weighted by Gasteiger charge is -2.37. The standard InChI is InChI=1S/C17H25N3O2/c1-14(21)18-11-17(22)20-10-6-9-16(13-20)19(2)12-15-7-4-3-5-8-15/h3-5,7-8,16H,6,9-13H2,1-2H3,(H,18,21). The van der Waals surface area contributed by atoms with Gasteiger partial charge < -0.3 is 10.2 Å². The number of hydrogen-bond donors (Lipinski definition) is 1. The summed E-state index contributed by atoms with van der Waals surface area (Å²) in [5, 5.41) is 2.58. The molecule has 1 atom stereocenters. The zero-order chi connectivity index (χ0) is 15.9. The molecule has 1 unspecified atom stereocenters. The molecule has 5 heteroatoms. The molecule has 5 nitrogen and oxygen atoms in total. The molecular weight excluding hydrogens is 278 g/mol. The number of likely N-dealkylation sites (N-methyl/N-ethyl adjacent to an activating group) is 1. The first-order chi connectivity index (χ1) is 10.6. The fourth-order valence-electron chi connectivity index (χ4n) is 2.85. The third-order valence-corrected chi connectivity index (χ3v) is 4.14. The fraction of sp³-hybridized carbons (Fsp3) is 0.529. The minimum absolute atomic E-state index is 0.00742. The minimum atomic E-state index is -0.164. The second kappa shape index (κ2) is 7.94. The zero-order valence-electron chi connectivity index (χ0n) is 13.4. The Morgan fingerprint density at radius 1 is 1.32 bits per heavy atom. The van der Waals surface area contributed by atoms with E-state index in [2.05, 4.69) is 29.4 Å². The third-order valence-electron chi connectivity index (χ3n) is 4.14. The summed E-state index contributed by atoms with van der Waals surface area (Å²) in [6.07, 6.45) is 2.11. The second-order valence-electron chi connectivity index (χ2n) is 5.95. The van der Waals surface area contributed by atoms with Crippen molar-refractivity contribution in [1.82, 2.24) is 15.1 Å². The Kier molecular flexibility index (Phi) is 5.95. The van der Waals surface area contributed by atoms with Crippen LogP contribution in [0.2, 0.25) is 0 Å². The average molecular weight is 303 g/mol. The summed E-state index contributed by atoms with van der Waals surface area (Å²) in [6, 6.07) is 10.7. The van der Waals surface area contributed by atoms with Crippen LogP contribution in [0.25, 0.3) is 0 Å². The number of nitrogens with one attached hydrogen (secondary N) is 1. The molecular formula is C17H25N3O2. The molecule has 1 N–H and O–H groups in total. The second-order valence-corrected chi connectivity index (χ2v) is 5.95. The van der Waals surface area contributed by atoms with Gasteiger partial charge in [0.15, 0.2) is 0 Å². The Balaban J connectivity index is 1.86. The van der Waals surface area contributed by atoms with Crippen molar-refractivity contribution in [1.29, 1.82) is 0 Å². The maximum absolute atomic E-state index is 12.1. The lowest BCUT2D eigenvalue weighted by molar-refractivity contribution is -0.134. The highest BCUT2D eigenvalue weighted by Gasteiger charge is 2.26. The number of piperidine rings is 1. The van der Waals surface area contributed by atoms with E-state index in [1.807, 2.05) is 23.1 Å². The van der Waals surface area contributed by atoms with Gasteiger partial charge in [0.25, 0.3) is 0 Å². The quantitative estimate of drug-likeness (QED) is 0.890. The van der Waals surface area contributed by atoms with Gasteiger partial charge in [0, 0.05) is 32.6 Å². The highest BCUT2D eigenvalue weighted by atomic mass is 16.2. The fourth-order valence-corrected chi connectivity index (χ4v) is 2.85. The number of nitrogens with zero attached hydrogens (tertiary/aromatic N) is 2. The summed E-state index contributed by atoms with van der Waals surface area (Å²) in [6.45, 7) is 3.94. The highest BCUT2D eigenvalue weighted by molar-refractivity contribution is 5.83. The van der Waals surface area contributed by atoms with E-state index < -0.39 is 0 Å². The summed E-state index contributed by atoms with van der Waals surface area (Å²) < 4.78 is 0. The molecule has 0 aliphatic carbocycles. The topological polar surface area (TPSA) is 52.7 Å². The molecule has 1 heterocycles. The molecule has 0 saturated carbocycles. The predicted molar refractivity (Wildman–Crippen MR) is 86.2 cm³/mol. The van der Waals surface area contributed by atoms with Crippen LogP contribution in [0.3, 0.4) is 0 Å². The maximum atomic E-state index is 12.1. The normalized spacial score (nSPS) is 18.3. The van der Waals surface area contributed by atoms with E-state index >= 15 is 0 Å². The van der Waals surface area contributed by atoms with Crippen LogP contribution in [0, 0.1) is 0 Å². The smallest absolute Gasteiger partial charge is 0.242 e. The first kappa shape index (κ1) is 16.5. The molecule has 1 saturated heterocycles. The van der Waals surface area contributed by atoms with Crippen LogP contribution in [-0.2, 0) is 16.1 Å². The third kappa shape index (κ3) is 4.84. The number of benzene rings is 1. The number of carbonyl (C=O) groups excluding carboxylic acids is 2. The molecule has 1 aliphatic rings. The molecule has 1 aromatic rings. The number of likely N-dealkylation sites (tertiary alicyclic amines) is 1. The van der Waals surface area contributed by atoms with Crippen LogP contribution in [-0.4, -0.2) is 54.3 Å². The van der Waals surface area contributed by atoms with E-state index in [1.54, 1.807) is 0 Å². The van der Waals surface area contributed by atoms with Gasteiger partial charge in [-0.3, -0.25) is 14.5 Å². The van der Waals surface area contributed by atoms with Crippen molar-refractivity contribution in [2.75, 3.05) is 26.7 Å². The highest BCUT2D eigenvalue weighted by Crippen LogP contribution is 2.17. The predicted octanol–water partition coefficient (Wildman–Crippen LogP) is 1.25. The molecule has 1 aromatic carbocycles. The van der Waals surface area contributed by atoms with E-state index in [-0.39, 0.29) is 18.4 Å². The SMILES string of the molecule is CC(=O)NCC(=O)N1CCCC(N(C)Cc2ccccc2)C1. The molecule has 22 heavy (non-hydrogen) atoms. The van der Waals surface area contributed by atoms with Crippen LogP contribution < -0.4 is 5.32 Å². The van der Waals surface area contributed by atoms with Gasteiger partial charge in [-0.25, -0.2) is 0 Å². The summed E-state index contributed by atoms with van der Waals surface area (Å²) in [5.74, 6) is -0.156. The summed E-state index contributed by atoms with van der Waals surface area (Å²) in [5.41, 5.74) is 1.28. The van der Waals surface area contributed by atoms with Crippen molar-refractivity contribution >= 4 is 11.8 Å². The number of hydrogen-bond acceptors (Lipinski definition) is 3. The monoisotopic (exact) mass is 303 g/mol. The van der Waals surface area contributed by atoms with Crippen molar-refractivity contribution < 1.29 is 9.59 Å². The lowest BCUT2D eigenvalue weighted by Crippen LogP contribution is -2.50. The summed E-state index contributed by atoms with van der Waals surface area (Å²) in [4.78, 5) is 27.2. The van der Waals surface area contributed by atoms with Gasteiger partial charge >= 0.3 is 0 Å². The van der Waals surface area contributed by atoms with E-state index in [1.165, 1.54) is 12.5 Å². The Labute approximate surface area is 132 Å². The lowest BCUT2D eigenvalue weighted by atomic mass is 10.0. The van der Waals surface area contributed by atoms with E-state index in [9.17, 15) is 9.59 Å². The van der Waals surface area contributed by atoms with Crippen LogP contribution in [0.1, 0.15) is 25.3 Å². The van der Waals surface area contributed by atoms with Crippen molar-refractivity contribution in [2.45, 2.75) is 32.4 Å². The van der Waals surface area contributed by atoms with Gasteiger partial charge in [0.2, 0.25) is 11.8 Å². The van der Waals surface area contributed by atoms with Gasteiger partial charge in [-0.1, -0.05) is 30.3 Å². The Morgan fingerprint density at radius 2 is 2.05 bits per heavy atom. The van der Waals surface area contributed by atoms with Crippen molar-refractivity contribution in [3.05, 3.63) is 35.9 Å². The van der Waals surface area contributed by atoms with Crippen molar-refractivity contribution in [3.63, 3.8) is 0 Å². The van der Waals surface area contributed by atoms with Gasteiger partial charge in [0.05, 0.1) is 6.54 Å². The molecule has 1 aliphatic heterocycles. The first-order valence-electron chi connectivity index (χ1n) is 7.82. The Morgan fingerprint density at radius 3 is 2.73 bits per heavy atom. The Bertz CT molecular complexity index is 504. The van der Waals surface area contributed by atoms with Crippen molar-refractivity contribution in [2.24, 2.45) is 0 Å². The molecule has 0 bridgehead atoms. The zero-order valence-corrected chi connectivity index (χ0v) is 13.4. The Hall–Kier alpha value is -1.88. The number of carbonyl (C=O) groups is 2. The van der Waals surface area contributed by atoms with Crippen LogP contribution in [0.4, 0.5) is 0 Å². The van der Waals surface area contributed by atoms with Gasteiger partial charge in [-0.2, -0.15) is 0 Å². The van der Waals surface area contributed by atoms with Crippen LogP contribution in [0.15, 0.2) is 30.3 Å². The number of amides is 2. The van der Waals surface area contributed by atoms with Gasteiger partial charge in [-0.15, -0.1) is 0 Å². The van der Waals surface area contributed by atoms with E-state index in [0.29, 0.717) is 6.04 Å². The molecule has 0 radical (unpaired) electrons.